The average Bonchev–Trinajstić information content (AvgIpc) is 2.87. The highest BCUT2D eigenvalue weighted by atomic mass is 32.1. The molecule has 4 nitrogen and oxygen atoms in total. The smallest absolute Gasteiger partial charge is 0.273 e. The summed E-state index contributed by atoms with van der Waals surface area (Å²) in [6, 6.07) is 8.17. The van der Waals surface area contributed by atoms with Crippen LogP contribution in [0.25, 0.3) is 0 Å². The maximum absolute atomic E-state index is 12.3. The van der Waals surface area contributed by atoms with Gasteiger partial charge >= 0.3 is 0 Å². The number of rotatable bonds is 5. The van der Waals surface area contributed by atoms with Crippen molar-refractivity contribution in [2.75, 3.05) is 13.6 Å². The van der Waals surface area contributed by atoms with E-state index in [1.807, 2.05) is 25.1 Å². The Morgan fingerprint density at radius 1 is 1.45 bits per heavy atom. The fraction of sp³-hybridized carbons (Fsp3) is 0.333. The molecule has 0 bridgehead atoms. The Labute approximate surface area is 123 Å². The van der Waals surface area contributed by atoms with E-state index in [4.69, 9.17) is 5.73 Å². The van der Waals surface area contributed by atoms with Crippen LogP contribution >= 0.6 is 11.3 Å². The normalized spacial score (nSPS) is 10.6. The van der Waals surface area contributed by atoms with Crippen LogP contribution in [0.1, 0.15) is 26.6 Å². The van der Waals surface area contributed by atoms with Crippen molar-refractivity contribution in [2.45, 2.75) is 19.9 Å². The van der Waals surface area contributed by atoms with Gasteiger partial charge in [0.2, 0.25) is 0 Å². The van der Waals surface area contributed by atoms with E-state index in [1.165, 1.54) is 16.9 Å². The van der Waals surface area contributed by atoms with Crippen LogP contribution in [0.4, 0.5) is 0 Å². The number of aryl methyl sites for hydroxylation is 1. The lowest BCUT2D eigenvalue weighted by molar-refractivity contribution is 0.0780. The zero-order valence-electron chi connectivity index (χ0n) is 11.8. The number of amides is 1. The first-order valence-corrected chi connectivity index (χ1v) is 7.43. The van der Waals surface area contributed by atoms with Crippen molar-refractivity contribution in [1.29, 1.82) is 0 Å². The van der Waals surface area contributed by atoms with Gasteiger partial charge in [0.15, 0.2) is 0 Å². The Morgan fingerprint density at radius 3 is 2.95 bits per heavy atom. The first-order chi connectivity index (χ1) is 9.60. The topological polar surface area (TPSA) is 59.2 Å². The molecule has 2 N–H and O–H groups in total. The third-order valence-electron chi connectivity index (χ3n) is 2.98. The third kappa shape index (κ3) is 3.65. The van der Waals surface area contributed by atoms with Gasteiger partial charge in [-0.1, -0.05) is 29.8 Å². The van der Waals surface area contributed by atoms with Crippen molar-refractivity contribution >= 4 is 17.2 Å². The highest BCUT2D eigenvalue weighted by molar-refractivity contribution is 7.09. The van der Waals surface area contributed by atoms with E-state index in [0.29, 0.717) is 18.8 Å². The van der Waals surface area contributed by atoms with Gasteiger partial charge in [0.25, 0.3) is 5.91 Å². The zero-order valence-corrected chi connectivity index (χ0v) is 12.6. The Bertz CT molecular complexity index is 594. The van der Waals surface area contributed by atoms with Crippen LogP contribution in [-0.2, 0) is 13.0 Å². The molecule has 106 valence electrons. The number of benzene rings is 1. The number of thiazole rings is 1. The summed E-state index contributed by atoms with van der Waals surface area (Å²) in [5, 5.41) is 2.72. The highest BCUT2D eigenvalue weighted by Gasteiger charge is 2.15. The molecule has 0 unspecified atom stereocenters. The molecule has 0 saturated heterocycles. The molecule has 5 heteroatoms. The van der Waals surface area contributed by atoms with E-state index in [9.17, 15) is 4.79 Å². The fourth-order valence-electron chi connectivity index (χ4n) is 2.00. The van der Waals surface area contributed by atoms with Gasteiger partial charge in [0, 0.05) is 25.4 Å². The van der Waals surface area contributed by atoms with Gasteiger partial charge in [0.1, 0.15) is 5.69 Å². The number of aromatic nitrogens is 1. The predicted molar refractivity (Wildman–Crippen MR) is 81.8 cm³/mol. The van der Waals surface area contributed by atoms with Gasteiger partial charge in [0.05, 0.1) is 5.01 Å². The third-order valence-corrected chi connectivity index (χ3v) is 3.89. The number of hydrogen-bond donors (Lipinski definition) is 1. The van der Waals surface area contributed by atoms with Crippen LogP contribution in [0, 0.1) is 6.92 Å². The molecule has 2 aromatic rings. The molecular weight excluding hydrogens is 270 g/mol. The van der Waals surface area contributed by atoms with Crippen LogP contribution in [0.15, 0.2) is 29.6 Å². The number of carbonyl (C=O) groups is 1. The lowest BCUT2D eigenvalue weighted by Gasteiger charge is -2.16. The average molecular weight is 289 g/mol. The molecule has 0 saturated carbocycles. The molecule has 1 aromatic carbocycles. The number of nitrogens with zero attached hydrogens (tertiary/aromatic N) is 2. The van der Waals surface area contributed by atoms with E-state index >= 15 is 0 Å². The van der Waals surface area contributed by atoms with Crippen LogP contribution in [0.2, 0.25) is 0 Å². The maximum atomic E-state index is 12.3. The maximum Gasteiger partial charge on any atom is 0.273 e. The zero-order chi connectivity index (χ0) is 14.5. The van der Waals surface area contributed by atoms with E-state index in [0.717, 1.165) is 17.0 Å². The van der Waals surface area contributed by atoms with Gasteiger partial charge in [-0.3, -0.25) is 4.79 Å². The van der Waals surface area contributed by atoms with E-state index in [-0.39, 0.29) is 5.91 Å². The fourth-order valence-corrected chi connectivity index (χ4v) is 2.79. The molecule has 0 aliphatic heterocycles. The largest absolute Gasteiger partial charge is 0.336 e. The van der Waals surface area contributed by atoms with E-state index in [2.05, 4.69) is 11.1 Å². The Hall–Kier alpha value is -1.72. The lowest BCUT2D eigenvalue weighted by atomic mass is 10.1. The first-order valence-electron chi connectivity index (χ1n) is 6.55. The molecular formula is C15H19N3OS. The second kappa shape index (κ2) is 6.63. The number of nitrogens with two attached hydrogens (primary N) is 1. The molecule has 1 amide bonds. The summed E-state index contributed by atoms with van der Waals surface area (Å²) < 4.78 is 0. The Kier molecular flexibility index (Phi) is 4.87. The molecule has 0 spiro atoms. The van der Waals surface area contributed by atoms with Crippen LogP contribution in [0.3, 0.4) is 0 Å². The van der Waals surface area contributed by atoms with Crippen LogP contribution in [-0.4, -0.2) is 29.4 Å². The minimum absolute atomic E-state index is 0.0500. The van der Waals surface area contributed by atoms with Crippen molar-refractivity contribution < 1.29 is 4.79 Å². The summed E-state index contributed by atoms with van der Waals surface area (Å²) in [4.78, 5) is 18.3. The van der Waals surface area contributed by atoms with E-state index < -0.39 is 0 Å². The van der Waals surface area contributed by atoms with Gasteiger partial charge in [-0.2, -0.15) is 0 Å². The second-order valence-corrected chi connectivity index (χ2v) is 5.76. The monoisotopic (exact) mass is 289 g/mol. The second-order valence-electron chi connectivity index (χ2n) is 4.82. The number of carbonyl (C=O) groups excluding carboxylic acids is 1. The van der Waals surface area contributed by atoms with Crippen molar-refractivity contribution in [3.8, 4) is 0 Å². The molecule has 1 heterocycles. The minimum Gasteiger partial charge on any atom is -0.336 e. The summed E-state index contributed by atoms with van der Waals surface area (Å²) in [6.07, 6.45) is 0.722. The number of hydrogen-bond acceptors (Lipinski definition) is 4. The van der Waals surface area contributed by atoms with Crippen molar-refractivity contribution in [2.24, 2.45) is 5.73 Å². The Morgan fingerprint density at radius 2 is 2.25 bits per heavy atom. The highest BCUT2D eigenvalue weighted by Crippen LogP contribution is 2.13. The first kappa shape index (κ1) is 14.7. The molecule has 0 aliphatic carbocycles. The lowest BCUT2D eigenvalue weighted by Crippen LogP contribution is -2.26. The standard InChI is InChI=1S/C15H19N3OS/c1-11-4-3-5-12(8-11)9-18(2)15(19)13-10-20-14(17-13)6-7-16/h3-5,8,10H,6-7,9,16H2,1-2H3. The van der Waals surface area contributed by atoms with Crippen molar-refractivity contribution in [3.63, 3.8) is 0 Å². The quantitative estimate of drug-likeness (QED) is 0.918. The molecule has 0 fully saturated rings. The molecule has 0 aliphatic rings. The molecule has 2 rings (SSSR count). The summed E-state index contributed by atoms with van der Waals surface area (Å²) in [6.45, 7) is 3.19. The predicted octanol–water partition coefficient (Wildman–Crippen LogP) is 2.22. The van der Waals surface area contributed by atoms with Gasteiger partial charge < -0.3 is 10.6 Å². The van der Waals surface area contributed by atoms with Gasteiger partial charge in [-0.05, 0) is 19.0 Å². The van der Waals surface area contributed by atoms with Gasteiger partial charge in [-0.25, -0.2) is 4.98 Å². The van der Waals surface area contributed by atoms with Crippen LogP contribution < -0.4 is 5.73 Å². The van der Waals surface area contributed by atoms with Gasteiger partial charge in [-0.15, -0.1) is 11.3 Å². The van der Waals surface area contributed by atoms with Crippen molar-refractivity contribution in [1.82, 2.24) is 9.88 Å². The summed E-state index contributed by atoms with van der Waals surface area (Å²) in [7, 11) is 1.80. The SMILES string of the molecule is Cc1cccc(CN(C)C(=O)c2csc(CCN)n2)c1. The van der Waals surface area contributed by atoms with Crippen LogP contribution in [0.5, 0.6) is 0 Å². The molecule has 0 atom stereocenters. The van der Waals surface area contributed by atoms with Crippen molar-refractivity contribution in [3.05, 3.63) is 51.5 Å². The summed E-state index contributed by atoms with van der Waals surface area (Å²) in [5.74, 6) is -0.0500. The summed E-state index contributed by atoms with van der Waals surface area (Å²) in [5.41, 5.74) is 8.32. The minimum atomic E-state index is -0.0500. The Balaban J connectivity index is 2.04. The molecule has 0 radical (unpaired) electrons. The molecule has 20 heavy (non-hydrogen) atoms. The summed E-state index contributed by atoms with van der Waals surface area (Å²) >= 11 is 1.49. The van der Waals surface area contributed by atoms with E-state index in [1.54, 1.807) is 17.3 Å². The molecule has 1 aromatic heterocycles.